The van der Waals surface area contributed by atoms with E-state index in [2.05, 4.69) is 0 Å². The fourth-order valence-electron chi connectivity index (χ4n) is 1.77. The Morgan fingerprint density at radius 3 is 2.52 bits per heavy atom. The van der Waals surface area contributed by atoms with Crippen LogP contribution in [0.5, 0.6) is 5.75 Å². The molecule has 0 radical (unpaired) electrons. The van der Waals surface area contributed by atoms with Crippen molar-refractivity contribution in [2.75, 3.05) is 0 Å². The fourth-order valence-corrected chi connectivity index (χ4v) is 2.52. The lowest BCUT2D eigenvalue weighted by Gasteiger charge is -2.11. The summed E-state index contributed by atoms with van der Waals surface area (Å²) in [6.45, 7) is 1.39. The van der Waals surface area contributed by atoms with Crippen LogP contribution < -0.4 is 9.88 Å². The van der Waals surface area contributed by atoms with Gasteiger partial charge in [0.25, 0.3) is 0 Å². The fraction of sp³-hybridized carbons (Fsp3) is 0.143. The summed E-state index contributed by atoms with van der Waals surface area (Å²) < 4.78 is 54.8. The van der Waals surface area contributed by atoms with Crippen molar-refractivity contribution in [2.45, 2.75) is 18.4 Å². The van der Waals surface area contributed by atoms with Gasteiger partial charge in [-0.05, 0) is 42.8 Å². The third kappa shape index (κ3) is 3.77. The molecule has 0 saturated heterocycles. The van der Waals surface area contributed by atoms with E-state index in [1.165, 1.54) is 12.1 Å². The normalized spacial score (nSPS) is 11.4. The number of ether oxygens (including phenoxy) is 1. The van der Waals surface area contributed by atoms with Gasteiger partial charge in [-0.1, -0.05) is 6.07 Å². The average molecular weight is 313 g/mol. The number of sulfonamides is 1. The first-order chi connectivity index (χ1) is 9.77. The van der Waals surface area contributed by atoms with Crippen LogP contribution >= 0.6 is 0 Å². The molecule has 2 rings (SSSR count). The third-order valence-electron chi connectivity index (χ3n) is 2.80. The molecule has 2 aromatic carbocycles. The lowest BCUT2D eigenvalue weighted by atomic mass is 10.2. The molecule has 2 N–H and O–H groups in total. The number of halogens is 2. The Hall–Kier alpha value is -1.99. The van der Waals surface area contributed by atoms with Crippen molar-refractivity contribution in [3.05, 3.63) is 59.2 Å². The zero-order valence-corrected chi connectivity index (χ0v) is 12.0. The molecular formula is C14H13F2NO3S. The molecule has 0 fully saturated rings. The van der Waals surface area contributed by atoms with Gasteiger partial charge in [0.2, 0.25) is 10.0 Å². The number of benzene rings is 2. The van der Waals surface area contributed by atoms with Gasteiger partial charge in [0.15, 0.2) is 0 Å². The maximum atomic E-state index is 13.5. The van der Waals surface area contributed by atoms with Crippen LogP contribution in [0, 0.1) is 18.6 Å². The van der Waals surface area contributed by atoms with Gasteiger partial charge in [0.05, 0.1) is 0 Å². The molecule has 0 aliphatic heterocycles. The topological polar surface area (TPSA) is 69.4 Å². The van der Waals surface area contributed by atoms with Gasteiger partial charge in [-0.15, -0.1) is 0 Å². The summed E-state index contributed by atoms with van der Waals surface area (Å²) in [6, 6.07) is 7.36. The Kier molecular flexibility index (Phi) is 4.24. The highest BCUT2D eigenvalue weighted by Gasteiger charge is 2.16. The van der Waals surface area contributed by atoms with E-state index in [4.69, 9.17) is 9.88 Å². The van der Waals surface area contributed by atoms with Crippen LogP contribution in [0.4, 0.5) is 8.78 Å². The zero-order chi connectivity index (χ0) is 15.6. The van der Waals surface area contributed by atoms with Crippen molar-refractivity contribution in [1.82, 2.24) is 0 Å². The van der Waals surface area contributed by atoms with E-state index in [1.807, 2.05) is 0 Å². The maximum absolute atomic E-state index is 13.5. The zero-order valence-electron chi connectivity index (χ0n) is 11.1. The minimum atomic E-state index is -3.97. The van der Waals surface area contributed by atoms with Crippen molar-refractivity contribution in [3.8, 4) is 5.75 Å². The van der Waals surface area contributed by atoms with E-state index in [0.29, 0.717) is 5.56 Å². The van der Waals surface area contributed by atoms with Crippen LogP contribution in [-0.2, 0) is 16.6 Å². The van der Waals surface area contributed by atoms with Crippen LogP contribution in [-0.4, -0.2) is 8.42 Å². The minimum Gasteiger partial charge on any atom is -0.487 e. The standard InChI is InChI=1S/C14H13F2NO3S/c1-9-2-5-13(14(6-9)21(17,18)19)20-8-10-7-11(15)3-4-12(10)16/h2-7H,8H2,1H3,(H2,17,18,19). The predicted octanol–water partition coefficient (Wildman–Crippen LogP) is 2.50. The highest BCUT2D eigenvalue weighted by atomic mass is 32.2. The maximum Gasteiger partial charge on any atom is 0.241 e. The van der Waals surface area contributed by atoms with Crippen molar-refractivity contribution < 1.29 is 21.9 Å². The number of hydrogen-bond acceptors (Lipinski definition) is 3. The molecule has 7 heteroatoms. The van der Waals surface area contributed by atoms with Crippen LogP contribution in [0.1, 0.15) is 11.1 Å². The molecule has 4 nitrogen and oxygen atoms in total. The second-order valence-corrected chi connectivity index (χ2v) is 6.05. The molecule has 0 bridgehead atoms. The Bertz CT molecular complexity index is 776. The number of rotatable bonds is 4. The number of nitrogens with two attached hydrogens (primary N) is 1. The average Bonchev–Trinajstić information content (AvgIpc) is 2.40. The summed E-state index contributed by atoms with van der Waals surface area (Å²) >= 11 is 0. The van der Waals surface area contributed by atoms with E-state index in [9.17, 15) is 17.2 Å². The van der Waals surface area contributed by atoms with Gasteiger partial charge in [0, 0.05) is 5.56 Å². The monoisotopic (exact) mass is 313 g/mol. The van der Waals surface area contributed by atoms with E-state index in [-0.39, 0.29) is 22.8 Å². The van der Waals surface area contributed by atoms with Gasteiger partial charge in [-0.3, -0.25) is 0 Å². The van der Waals surface area contributed by atoms with Gasteiger partial charge in [-0.25, -0.2) is 22.3 Å². The Balaban J connectivity index is 2.30. The number of primary sulfonamides is 1. The molecule has 0 aliphatic rings. The molecule has 0 aliphatic carbocycles. The Labute approximate surface area is 121 Å². The van der Waals surface area contributed by atoms with E-state index >= 15 is 0 Å². The molecule has 0 saturated carbocycles. The second kappa shape index (κ2) is 5.79. The molecule has 0 aromatic heterocycles. The number of aryl methyl sites for hydroxylation is 1. The van der Waals surface area contributed by atoms with Gasteiger partial charge < -0.3 is 4.74 Å². The smallest absolute Gasteiger partial charge is 0.241 e. The quantitative estimate of drug-likeness (QED) is 0.943. The van der Waals surface area contributed by atoms with Crippen LogP contribution in [0.2, 0.25) is 0 Å². The third-order valence-corrected chi connectivity index (χ3v) is 3.73. The number of hydrogen-bond donors (Lipinski definition) is 1. The Morgan fingerprint density at radius 2 is 1.86 bits per heavy atom. The summed E-state index contributed by atoms with van der Waals surface area (Å²) in [5.41, 5.74) is 0.666. The minimum absolute atomic E-state index is 0.00763. The SMILES string of the molecule is Cc1ccc(OCc2cc(F)ccc2F)c(S(N)(=O)=O)c1. The largest absolute Gasteiger partial charge is 0.487 e. The molecule has 112 valence electrons. The highest BCUT2D eigenvalue weighted by molar-refractivity contribution is 7.89. The van der Waals surface area contributed by atoms with Crippen molar-refractivity contribution in [3.63, 3.8) is 0 Å². The molecule has 0 amide bonds. The molecule has 0 heterocycles. The van der Waals surface area contributed by atoms with Crippen LogP contribution in [0.25, 0.3) is 0 Å². The molecule has 21 heavy (non-hydrogen) atoms. The first-order valence-electron chi connectivity index (χ1n) is 5.97. The van der Waals surface area contributed by atoms with Crippen molar-refractivity contribution in [1.29, 1.82) is 0 Å². The van der Waals surface area contributed by atoms with Gasteiger partial charge in [-0.2, -0.15) is 0 Å². The summed E-state index contributed by atoms with van der Waals surface area (Å²) in [7, 11) is -3.97. The first kappa shape index (κ1) is 15.4. The lowest BCUT2D eigenvalue weighted by molar-refractivity contribution is 0.291. The van der Waals surface area contributed by atoms with E-state index in [0.717, 1.165) is 18.2 Å². The van der Waals surface area contributed by atoms with Gasteiger partial charge in [0.1, 0.15) is 28.9 Å². The predicted molar refractivity (Wildman–Crippen MR) is 73.2 cm³/mol. The lowest BCUT2D eigenvalue weighted by Crippen LogP contribution is -2.14. The van der Waals surface area contributed by atoms with E-state index < -0.39 is 21.7 Å². The van der Waals surface area contributed by atoms with Crippen LogP contribution in [0.15, 0.2) is 41.3 Å². The van der Waals surface area contributed by atoms with Crippen molar-refractivity contribution in [2.24, 2.45) is 5.14 Å². The Morgan fingerprint density at radius 1 is 1.14 bits per heavy atom. The molecule has 2 aromatic rings. The van der Waals surface area contributed by atoms with E-state index in [1.54, 1.807) is 13.0 Å². The summed E-state index contributed by atoms with van der Waals surface area (Å²) in [5.74, 6) is -1.25. The molecule has 0 atom stereocenters. The summed E-state index contributed by atoms with van der Waals surface area (Å²) in [6.07, 6.45) is 0. The second-order valence-electron chi connectivity index (χ2n) is 4.52. The molecule has 0 spiro atoms. The summed E-state index contributed by atoms with van der Waals surface area (Å²) in [4.78, 5) is -0.195. The first-order valence-corrected chi connectivity index (χ1v) is 7.52. The highest BCUT2D eigenvalue weighted by Crippen LogP contribution is 2.25. The summed E-state index contributed by atoms with van der Waals surface area (Å²) in [5, 5.41) is 5.11. The van der Waals surface area contributed by atoms with Crippen molar-refractivity contribution >= 4 is 10.0 Å². The molecule has 0 unspecified atom stereocenters. The van der Waals surface area contributed by atoms with Gasteiger partial charge >= 0.3 is 0 Å². The molecular weight excluding hydrogens is 300 g/mol. The van der Waals surface area contributed by atoms with Crippen LogP contribution in [0.3, 0.4) is 0 Å².